The third-order valence-corrected chi connectivity index (χ3v) is 5.22. The number of carbonyl (C=O) groups excluding carboxylic acids is 2. The maximum atomic E-state index is 11.0. The Morgan fingerprint density at radius 1 is 1.00 bits per heavy atom. The molecule has 1 saturated carbocycles. The van der Waals surface area contributed by atoms with Crippen LogP contribution >= 0.6 is 8.02 Å². The molecule has 0 aromatic heterocycles. The van der Waals surface area contributed by atoms with Crippen LogP contribution in [0.2, 0.25) is 0 Å². The van der Waals surface area contributed by atoms with Gasteiger partial charge in [-0.1, -0.05) is 12.8 Å². The third-order valence-electron chi connectivity index (χ3n) is 3.03. The van der Waals surface area contributed by atoms with Crippen LogP contribution in [0.4, 0.5) is 0 Å². The molecule has 0 unspecified atom stereocenters. The SMILES string of the molecule is O=C1O[P+]2(N[C@@H]3CCCC[C@H]3N2)OC1=O. The minimum atomic E-state index is -2.61. The van der Waals surface area contributed by atoms with E-state index in [1.54, 1.807) is 0 Å². The Morgan fingerprint density at radius 3 is 1.93 bits per heavy atom. The van der Waals surface area contributed by atoms with Gasteiger partial charge in [0.1, 0.15) is 0 Å². The molecule has 3 aliphatic rings. The molecule has 2 saturated heterocycles. The van der Waals surface area contributed by atoms with Gasteiger partial charge in [-0.05, 0) is 12.8 Å². The van der Waals surface area contributed by atoms with Crippen molar-refractivity contribution in [3.8, 4) is 0 Å². The molecule has 1 aliphatic carbocycles. The van der Waals surface area contributed by atoms with Crippen LogP contribution in [0.5, 0.6) is 0 Å². The quantitative estimate of drug-likeness (QED) is 0.460. The number of carbonyl (C=O) groups is 2. The monoisotopic (exact) mass is 231 g/mol. The summed E-state index contributed by atoms with van der Waals surface area (Å²) >= 11 is 0. The van der Waals surface area contributed by atoms with Gasteiger partial charge in [-0.15, -0.1) is 10.2 Å². The number of rotatable bonds is 0. The van der Waals surface area contributed by atoms with Crippen LogP contribution in [0.3, 0.4) is 0 Å². The van der Waals surface area contributed by atoms with Crippen LogP contribution in [-0.2, 0) is 18.6 Å². The second-order valence-corrected chi connectivity index (χ2v) is 6.05. The molecule has 3 fully saturated rings. The standard InChI is InChI=1S/C8H12N2O4P/c11-7-8(12)14-15(13-7)9-5-3-1-2-4-6(5)10-15/h5-6,9-10H,1-4H2/q+1/t5-,6-/m1/s1. The van der Waals surface area contributed by atoms with Crippen molar-refractivity contribution in [2.24, 2.45) is 0 Å². The molecule has 15 heavy (non-hydrogen) atoms. The van der Waals surface area contributed by atoms with E-state index in [2.05, 4.69) is 10.2 Å². The van der Waals surface area contributed by atoms with Gasteiger partial charge < -0.3 is 0 Å². The maximum absolute atomic E-state index is 11.0. The van der Waals surface area contributed by atoms with Gasteiger partial charge in [-0.25, -0.2) is 18.6 Å². The minimum Gasteiger partial charge on any atom is -0.233 e. The molecule has 0 aromatic carbocycles. The van der Waals surface area contributed by atoms with Crippen molar-refractivity contribution in [3.63, 3.8) is 0 Å². The first-order valence-electron chi connectivity index (χ1n) is 5.11. The number of fused-ring (bicyclic) bond motifs is 1. The molecule has 2 atom stereocenters. The highest BCUT2D eigenvalue weighted by atomic mass is 31.2. The van der Waals surface area contributed by atoms with Gasteiger partial charge in [0.25, 0.3) is 0 Å². The molecule has 82 valence electrons. The predicted molar refractivity (Wildman–Crippen MR) is 51.4 cm³/mol. The number of hydrogen-bond acceptors (Lipinski definition) is 6. The van der Waals surface area contributed by atoms with Crippen LogP contribution in [0.1, 0.15) is 25.7 Å². The summed E-state index contributed by atoms with van der Waals surface area (Å²) in [6, 6.07) is 0.538. The van der Waals surface area contributed by atoms with Crippen molar-refractivity contribution in [3.05, 3.63) is 0 Å². The van der Waals surface area contributed by atoms with E-state index < -0.39 is 20.0 Å². The second-order valence-electron chi connectivity index (χ2n) is 4.06. The van der Waals surface area contributed by atoms with Gasteiger partial charge in [0.2, 0.25) is 0 Å². The zero-order valence-electron chi connectivity index (χ0n) is 8.06. The normalized spacial score (nSPS) is 37.6. The molecule has 2 heterocycles. The van der Waals surface area contributed by atoms with E-state index in [1.807, 2.05) is 0 Å². The Labute approximate surface area is 87.3 Å². The highest BCUT2D eigenvalue weighted by Gasteiger charge is 2.67. The predicted octanol–water partition coefficient (Wildman–Crippen LogP) is 0.268. The zero-order valence-corrected chi connectivity index (χ0v) is 8.96. The second kappa shape index (κ2) is 3.14. The fraction of sp³-hybridized carbons (Fsp3) is 0.750. The Bertz CT molecular complexity index is 303. The molecule has 3 rings (SSSR count). The van der Waals surface area contributed by atoms with Crippen molar-refractivity contribution >= 4 is 20.0 Å². The van der Waals surface area contributed by atoms with Crippen LogP contribution < -0.4 is 10.2 Å². The van der Waals surface area contributed by atoms with Gasteiger partial charge in [0, 0.05) is 0 Å². The summed E-state index contributed by atoms with van der Waals surface area (Å²) in [5, 5.41) is 6.29. The van der Waals surface area contributed by atoms with E-state index in [0.29, 0.717) is 0 Å². The summed E-state index contributed by atoms with van der Waals surface area (Å²) in [6.07, 6.45) is 4.40. The van der Waals surface area contributed by atoms with Crippen LogP contribution in [0.25, 0.3) is 0 Å². The summed E-state index contributed by atoms with van der Waals surface area (Å²) < 4.78 is 9.98. The van der Waals surface area contributed by atoms with Crippen LogP contribution in [0.15, 0.2) is 0 Å². The van der Waals surface area contributed by atoms with E-state index in [4.69, 9.17) is 9.05 Å². The molecule has 0 bridgehead atoms. The van der Waals surface area contributed by atoms with Gasteiger partial charge in [0.15, 0.2) is 0 Å². The molecule has 2 N–H and O–H groups in total. The highest BCUT2D eigenvalue weighted by Crippen LogP contribution is 2.62. The van der Waals surface area contributed by atoms with Gasteiger partial charge in [-0.2, -0.15) is 0 Å². The van der Waals surface area contributed by atoms with Crippen molar-refractivity contribution in [2.75, 3.05) is 0 Å². The van der Waals surface area contributed by atoms with Crippen LogP contribution in [-0.4, -0.2) is 24.0 Å². The van der Waals surface area contributed by atoms with E-state index in [9.17, 15) is 9.59 Å². The summed E-state index contributed by atoms with van der Waals surface area (Å²) in [6.45, 7) is 0. The first kappa shape index (κ1) is 9.51. The van der Waals surface area contributed by atoms with Gasteiger partial charge in [-0.3, -0.25) is 0 Å². The summed E-state index contributed by atoms with van der Waals surface area (Å²) in [5.41, 5.74) is 0. The van der Waals surface area contributed by atoms with Crippen molar-refractivity contribution in [2.45, 2.75) is 37.8 Å². The van der Waals surface area contributed by atoms with E-state index in [1.165, 1.54) is 0 Å². The molecule has 1 spiro atoms. The molecule has 0 amide bonds. The average Bonchev–Trinajstić information content (AvgIpc) is 2.66. The van der Waals surface area contributed by atoms with Crippen molar-refractivity contribution in [1.29, 1.82) is 0 Å². The largest absolute Gasteiger partial charge is 0.528 e. The first-order chi connectivity index (χ1) is 7.19. The first-order valence-corrected chi connectivity index (χ1v) is 6.73. The Kier molecular flexibility index (Phi) is 1.99. The molecule has 6 nitrogen and oxygen atoms in total. The molecule has 7 heteroatoms. The molecule has 0 radical (unpaired) electrons. The molecular formula is C8H12N2O4P+. The van der Waals surface area contributed by atoms with E-state index in [0.717, 1.165) is 25.7 Å². The molecular weight excluding hydrogens is 219 g/mol. The lowest BCUT2D eigenvalue weighted by Crippen LogP contribution is -2.36. The lowest BCUT2D eigenvalue weighted by atomic mass is 9.92. The Morgan fingerprint density at radius 2 is 1.47 bits per heavy atom. The topological polar surface area (TPSA) is 76.7 Å². The number of nitrogens with one attached hydrogen (secondary N) is 2. The highest BCUT2D eigenvalue weighted by molar-refractivity contribution is 7.64. The van der Waals surface area contributed by atoms with Crippen LogP contribution in [0, 0.1) is 0 Å². The number of hydrogen-bond donors (Lipinski definition) is 2. The lowest BCUT2D eigenvalue weighted by Gasteiger charge is -2.19. The Balaban J connectivity index is 1.79. The smallest absolute Gasteiger partial charge is 0.233 e. The lowest BCUT2D eigenvalue weighted by molar-refractivity contribution is -0.150. The molecule has 0 aromatic rings. The summed E-state index contributed by atoms with van der Waals surface area (Å²) in [7, 11) is -2.61. The van der Waals surface area contributed by atoms with Gasteiger partial charge in [0.05, 0.1) is 12.1 Å². The minimum absolute atomic E-state index is 0.269. The summed E-state index contributed by atoms with van der Waals surface area (Å²) in [5.74, 6) is -1.77. The van der Waals surface area contributed by atoms with Crippen molar-refractivity contribution < 1.29 is 18.6 Å². The fourth-order valence-corrected chi connectivity index (χ4v) is 4.78. The van der Waals surface area contributed by atoms with E-state index >= 15 is 0 Å². The third kappa shape index (κ3) is 1.44. The zero-order chi connectivity index (χ0) is 10.5. The maximum Gasteiger partial charge on any atom is 0.528 e. The van der Waals surface area contributed by atoms with Gasteiger partial charge >= 0.3 is 20.0 Å². The summed E-state index contributed by atoms with van der Waals surface area (Å²) in [4.78, 5) is 22.0. The molecule has 2 aliphatic heterocycles. The average molecular weight is 231 g/mol. The Hall–Kier alpha value is -0.710. The van der Waals surface area contributed by atoms with E-state index in [-0.39, 0.29) is 12.1 Å². The van der Waals surface area contributed by atoms with Crippen molar-refractivity contribution in [1.82, 2.24) is 10.2 Å². The fourth-order valence-electron chi connectivity index (χ4n) is 2.35.